The molecule has 5 heteroatoms. The van der Waals surface area contributed by atoms with Gasteiger partial charge in [-0.15, -0.1) is 0 Å². The molecule has 0 saturated carbocycles. The maximum atomic E-state index is 12.8. The third-order valence-corrected chi connectivity index (χ3v) is 4.23. The van der Waals surface area contributed by atoms with Crippen molar-refractivity contribution in [2.75, 3.05) is 5.01 Å². The molecule has 0 N–H and O–H groups in total. The van der Waals surface area contributed by atoms with E-state index >= 15 is 0 Å². The summed E-state index contributed by atoms with van der Waals surface area (Å²) in [6, 6.07) is 14.8. The largest absolute Gasteiger partial charge is 0.467 e. The highest BCUT2D eigenvalue weighted by Gasteiger charge is 2.46. The first-order valence-corrected chi connectivity index (χ1v) is 7.43. The highest BCUT2D eigenvalue weighted by Crippen LogP contribution is 2.39. The molecule has 0 amide bonds. The topological polar surface area (TPSA) is 41.9 Å². The molecule has 0 bridgehead atoms. The van der Waals surface area contributed by atoms with E-state index in [4.69, 9.17) is 16.3 Å². The molecule has 2 unspecified atom stereocenters. The lowest BCUT2D eigenvalue weighted by atomic mass is 9.90. The lowest BCUT2D eigenvalue weighted by molar-refractivity contribution is 0.0786. The van der Waals surface area contributed by atoms with E-state index in [0.29, 0.717) is 16.3 Å². The van der Waals surface area contributed by atoms with Crippen LogP contribution in [0.2, 0.25) is 5.02 Å². The first kappa shape index (κ1) is 13.3. The Morgan fingerprint density at radius 2 is 1.95 bits per heavy atom. The standard InChI is InChI=1S/C17H13ClN2O2/c1-10-15-16(21)13-9-11(18)7-8-14(13)22-17(15)20(19-10)12-5-3-2-4-6-12/h2-9,15,17H,1H3. The van der Waals surface area contributed by atoms with Gasteiger partial charge in [0, 0.05) is 5.02 Å². The predicted molar refractivity (Wildman–Crippen MR) is 85.7 cm³/mol. The number of ether oxygens (including phenoxy) is 1. The van der Waals surface area contributed by atoms with Crippen molar-refractivity contribution in [2.45, 2.75) is 13.2 Å². The van der Waals surface area contributed by atoms with Gasteiger partial charge < -0.3 is 4.74 Å². The average molecular weight is 313 g/mol. The van der Waals surface area contributed by atoms with Crippen LogP contribution in [-0.2, 0) is 0 Å². The maximum absolute atomic E-state index is 12.8. The molecule has 2 aromatic rings. The van der Waals surface area contributed by atoms with Gasteiger partial charge in [-0.05, 0) is 37.3 Å². The van der Waals surface area contributed by atoms with Crippen molar-refractivity contribution in [3.05, 3.63) is 59.1 Å². The lowest BCUT2D eigenvalue weighted by Crippen LogP contribution is -2.45. The number of rotatable bonds is 1. The first-order valence-electron chi connectivity index (χ1n) is 7.05. The Kier molecular flexibility index (Phi) is 2.94. The number of hydrogen-bond donors (Lipinski definition) is 0. The fourth-order valence-corrected chi connectivity index (χ4v) is 3.13. The Morgan fingerprint density at radius 1 is 1.18 bits per heavy atom. The summed E-state index contributed by atoms with van der Waals surface area (Å²) in [5.74, 6) is 0.168. The number of para-hydroxylation sites is 1. The molecule has 2 atom stereocenters. The van der Waals surface area contributed by atoms with Gasteiger partial charge in [-0.1, -0.05) is 29.8 Å². The van der Waals surface area contributed by atoms with Crippen molar-refractivity contribution >= 4 is 28.8 Å². The van der Waals surface area contributed by atoms with Gasteiger partial charge >= 0.3 is 0 Å². The average Bonchev–Trinajstić information content (AvgIpc) is 2.86. The summed E-state index contributed by atoms with van der Waals surface area (Å²) in [6.07, 6.45) is -0.441. The van der Waals surface area contributed by atoms with Crippen LogP contribution in [0.15, 0.2) is 53.6 Å². The molecular formula is C17H13ClN2O2. The number of Topliss-reactive ketones (excluding diaryl/α,β-unsaturated/α-hetero) is 1. The summed E-state index contributed by atoms with van der Waals surface area (Å²) >= 11 is 6.00. The van der Waals surface area contributed by atoms with Gasteiger partial charge in [0.05, 0.1) is 17.0 Å². The molecule has 0 aromatic heterocycles. The fourth-order valence-electron chi connectivity index (χ4n) is 2.95. The second-order valence-electron chi connectivity index (χ2n) is 5.41. The molecule has 2 aliphatic heterocycles. The third-order valence-electron chi connectivity index (χ3n) is 4.00. The zero-order chi connectivity index (χ0) is 15.3. The van der Waals surface area contributed by atoms with Crippen LogP contribution in [-0.4, -0.2) is 17.7 Å². The number of carbonyl (C=O) groups excluding carboxylic acids is 1. The Morgan fingerprint density at radius 3 is 2.73 bits per heavy atom. The van der Waals surface area contributed by atoms with E-state index in [0.717, 1.165) is 11.4 Å². The highest BCUT2D eigenvalue weighted by molar-refractivity contribution is 6.31. The molecule has 2 heterocycles. The normalized spacial score (nSPS) is 22.7. The monoisotopic (exact) mass is 312 g/mol. The number of fused-ring (bicyclic) bond motifs is 2. The molecule has 4 rings (SSSR count). The van der Waals surface area contributed by atoms with Crippen LogP contribution >= 0.6 is 11.6 Å². The van der Waals surface area contributed by atoms with E-state index in [9.17, 15) is 4.79 Å². The number of anilines is 1. The molecule has 0 aliphatic carbocycles. The Bertz CT molecular complexity index is 789. The molecule has 4 nitrogen and oxygen atoms in total. The van der Waals surface area contributed by atoms with Gasteiger partial charge in [-0.25, -0.2) is 5.01 Å². The van der Waals surface area contributed by atoms with Crippen LogP contribution in [0, 0.1) is 5.92 Å². The molecule has 0 radical (unpaired) electrons. The number of benzene rings is 2. The quantitative estimate of drug-likeness (QED) is 0.805. The summed E-state index contributed by atoms with van der Waals surface area (Å²) < 4.78 is 6.05. The van der Waals surface area contributed by atoms with Gasteiger partial charge in [-0.2, -0.15) is 5.10 Å². The van der Waals surface area contributed by atoms with Crippen molar-refractivity contribution in [1.29, 1.82) is 0 Å². The van der Waals surface area contributed by atoms with E-state index in [1.54, 1.807) is 23.2 Å². The SMILES string of the molecule is CC1=NN(c2ccccc2)C2Oc3ccc(Cl)cc3C(=O)C12. The van der Waals surface area contributed by atoms with Crippen molar-refractivity contribution in [1.82, 2.24) is 0 Å². The van der Waals surface area contributed by atoms with Crippen LogP contribution in [0.3, 0.4) is 0 Å². The summed E-state index contributed by atoms with van der Waals surface area (Å²) in [4.78, 5) is 12.8. The molecule has 0 saturated heterocycles. The minimum absolute atomic E-state index is 0.00781. The van der Waals surface area contributed by atoms with Crippen molar-refractivity contribution < 1.29 is 9.53 Å². The molecule has 0 spiro atoms. The number of nitrogens with zero attached hydrogens (tertiary/aromatic N) is 2. The molecule has 22 heavy (non-hydrogen) atoms. The summed E-state index contributed by atoms with van der Waals surface area (Å²) in [5, 5.41) is 6.83. The van der Waals surface area contributed by atoms with E-state index in [2.05, 4.69) is 5.10 Å². The second-order valence-corrected chi connectivity index (χ2v) is 5.85. The van der Waals surface area contributed by atoms with E-state index in [-0.39, 0.29) is 5.78 Å². The zero-order valence-corrected chi connectivity index (χ0v) is 12.6. The van der Waals surface area contributed by atoms with Crippen molar-refractivity contribution in [3.63, 3.8) is 0 Å². The van der Waals surface area contributed by atoms with Crippen molar-refractivity contribution in [2.24, 2.45) is 11.0 Å². The van der Waals surface area contributed by atoms with Gasteiger partial charge in [0.2, 0.25) is 6.23 Å². The number of carbonyl (C=O) groups is 1. The zero-order valence-electron chi connectivity index (χ0n) is 11.9. The predicted octanol–water partition coefficient (Wildman–Crippen LogP) is 3.75. The molecule has 0 fully saturated rings. The van der Waals surface area contributed by atoms with Gasteiger partial charge in [0.25, 0.3) is 0 Å². The van der Waals surface area contributed by atoms with E-state index in [1.165, 1.54) is 0 Å². The van der Waals surface area contributed by atoms with E-state index in [1.807, 2.05) is 37.3 Å². The van der Waals surface area contributed by atoms with Crippen LogP contribution in [0.25, 0.3) is 0 Å². The number of hydrazone groups is 1. The number of halogens is 1. The maximum Gasteiger partial charge on any atom is 0.207 e. The third kappa shape index (κ3) is 1.91. The van der Waals surface area contributed by atoms with Crippen LogP contribution in [0.5, 0.6) is 5.75 Å². The minimum Gasteiger partial charge on any atom is -0.467 e. The molecule has 110 valence electrons. The summed E-state index contributed by atoms with van der Waals surface area (Å²) in [5.41, 5.74) is 2.18. The van der Waals surface area contributed by atoms with Crippen LogP contribution < -0.4 is 9.75 Å². The summed E-state index contributed by atoms with van der Waals surface area (Å²) in [7, 11) is 0. The van der Waals surface area contributed by atoms with Gasteiger partial charge in [0.1, 0.15) is 11.7 Å². The molecule has 2 aromatic carbocycles. The highest BCUT2D eigenvalue weighted by atomic mass is 35.5. The van der Waals surface area contributed by atoms with E-state index < -0.39 is 12.1 Å². The number of ketones is 1. The van der Waals surface area contributed by atoms with Gasteiger partial charge in [0.15, 0.2) is 5.78 Å². The fraction of sp³-hybridized carbons (Fsp3) is 0.176. The Hall–Kier alpha value is -2.33. The van der Waals surface area contributed by atoms with Crippen LogP contribution in [0.1, 0.15) is 17.3 Å². The second kappa shape index (κ2) is 4.85. The van der Waals surface area contributed by atoms with Gasteiger partial charge in [-0.3, -0.25) is 4.79 Å². The Balaban J connectivity index is 1.79. The lowest BCUT2D eigenvalue weighted by Gasteiger charge is -2.32. The minimum atomic E-state index is -0.441. The van der Waals surface area contributed by atoms with Crippen molar-refractivity contribution in [3.8, 4) is 5.75 Å². The summed E-state index contributed by atoms with van der Waals surface area (Å²) in [6.45, 7) is 1.86. The smallest absolute Gasteiger partial charge is 0.207 e. The Labute approximate surface area is 133 Å². The number of hydrogen-bond acceptors (Lipinski definition) is 4. The van der Waals surface area contributed by atoms with Crippen LogP contribution in [0.4, 0.5) is 5.69 Å². The molecular weight excluding hydrogens is 300 g/mol. The first-order chi connectivity index (χ1) is 10.6. The molecule has 2 aliphatic rings.